The maximum absolute atomic E-state index is 3.77. The highest BCUT2D eigenvalue weighted by atomic mass is 32.2. The van der Waals surface area contributed by atoms with Gasteiger partial charge in [0.2, 0.25) is 0 Å². The lowest BCUT2D eigenvalue weighted by atomic mass is 9.80. The molecule has 5 rings (SSSR count). The molecule has 2 aromatic rings. The average Bonchev–Trinajstić information content (AvgIpc) is 3.36. The van der Waals surface area contributed by atoms with E-state index in [1.54, 1.807) is 11.1 Å². The molecule has 1 unspecified atom stereocenters. The van der Waals surface area contributed by atoms with E-state index in [2.05, 4.69) is 53.8 Å². The predicted octanol–water partition coefficient (Wildman–Crippen LogP) is 7.58. The predicted molar refractivity (Wildman–Crippen MR) is 131 cm³/mol. The van der Waals surface area contributed by atoms with E-state index < -0.39 is 0 Å². The van der Waals surface area contributed by atoms with Crippen LogP contribution in [0.15, 0.2) is 48.5 Å². The van der Waals surface area contributed by atoms with Gasteiger partial charge < -0.3 is 5.32 Å². The highest BCUT2D eigenvalue weighted by Crippen LogP contribution is 2.38. The smallest absolute Gasteiger partial charge is 0.0421 e. The largest absolute Gasteiger partial charge is 0.303 e. The molecule has 1 saturated heterocycles. The number of hydrogen-bond acceptors (Lipinski definition) is 2. The van der Waals surface area contributed by atoms with Crippen LogP contribution in [-0.4, -0.2) is 17.7 Å². The van der Waals surface area contributed by atoms with Crippen molar-refractivity contribution < 1.29 is 0 Å². The van der Waals surface area contributed by atoms with Crippen molar-refractivity contribution in [3.63, 3.8) is 0 Å². The standard InChI is InChI=1S/C28H37NS/c1-3-7-21(8-4-1)23-11-15-25(16-12-23)28(27-19-30-20-29-27)26-17-13-24(14-18-26)22-9-5-2-6-10-22/h11-18,21-22,27-29H,1-10,19-20H2. The maximum Gasteiger partial charge on any atom is 0.0421 e. The quantitative estimate of drug-likeness (QED) is 0.536. The molecule has 30 heavy (non-hydrogen) atoms. The Morgan fingerprint density at radius 2 is 1.10 bits per heavy atom. The Hall–Kier alpha value is -1.25. The van der Waals surface area contributed by atoms with Crippen LogP contribution in [0.25, 0.3) is 0 Å². The summed E-state index contributed by atoms with van der Waals surface area (Å²) in [6.45, 7) is 0. The number of thioether (sulfide) groups is 1. The van der Waals surface area contributed by atoms with Crippen molar-refractivity contribution in [1.82, 2.24) is 5.32 Å². The van der Waals surface area contributed by atoms with Crippen molar-refractivity contribution in [2.45, 2.75) is 88.0 Å². The van der Waals surface area contributed by atoms with Gasteiger partial charge in [0.15, 0.2) is 0 Å². The van der Waals surface area contributed by atoms with Crippen molar-refractivity contribution in [2.24, 2.45) is 0 Å². The summed E-state index contributed by atoms with van der Waals surface area (Å²) < 4.78 is 0. The van der Waals surface area contributed by atoms with E-state index in [1.165, 1.54) is 81.1 Å². The van der Waals surface area contributed by atoms with Gasteiger partial charge >= 0.3 is 0 Å². The summed E-state index contributed by atoms with van der Waals surface area (Å²) in [5.41, 5.74) is 6.11. The minimum atomic E-state index is 0.459. The van der Waals surface area contributed by atoms with E-state index in [4.69, 9.17) is 0 Å². The van der Waals surface area contributed by atoms with E-state index in [0.717, 1.165) is 17.7 Å². The zero-order valence-electron chi connectivity index (χ0n) is 18.3. The lowest BCUT2D eigenvalue weighted by Gasteiger charge is -2.27. The molecule has 2 aliphatic carbocycles. The van der Waals surface area contributed by atoms with E-state index in [9.17, 15) is 0 Å². The zero-order valence-corrected chi connectivity index (χ0v) is 19.1. The summed E-state index contributed by atoms with van der Waals surface area (Å²) in [4.78, 5) is 0. The molecule has 2 saturated carbocycles. The second-order valence-corrected chi connectivity index (χ2v) is 10.8. The fourth-order valence-electron chi connectivity index (χ4n) is 6.10. The first-order valence-corrected chi connectivity index (χ1v) is 13.5. The van der Waals surface area contributed by atoms with Gasteiger partial charge in [-0.25, -0.2) is 0 Å². The number of rotatable bonds is 5. The van der Waals surface area contributed by atoms with Crippen molar-refractivity contribution in [3.05, 3.63) is 70.8 Å². The van der Waals surface area contributed by atoms with Crippen LogP contribution in [0.1, 0.15) is 104 Å². The molecule has 0 bridgehead atoms. The molecule has 0 spiro atoms. The lowest BCUT2D eigenvalue weighted by Crippen LogP contribution is -2.31. The Kier molecular flexibility index (Phi) is 6.82. The Bertz CT molecular complexity index is 717. The number of nitrogens with one attached hydrogen (secondary N) is 1. The van der Waals surface area contributed by atoms with Crippen LogP contribution in [0.5, 0.6) is 0 Å². The van der Waals surface area contributed by atoms with E-state index in [1.807, 2.05) is 11.8 Å². The third kappa shape index (κ3) is 4.65. The first-order valence-electron chi connectivity index (χ1n) is 12.4. The number of hydrogen-bond donors (Lipinski definition) is 1. The van der Waals surface area contributed by atoms with Crippen molar-refractivity contribution >= 4 is 11.8 Å². The molecule has 2 aromatic carbocycles. The summed E-state index contributed by atoms with van der Waals surface area (Å²) in [5, 5.41) is 3.77. The van der Waals surface area contributed by atoms with Crippen LogP contribution in [0, 0.1) is 0 Å². The molecule has 3 fully saturated rings. The second-order valence-electron chi connectivity index (χ2n) is 9.81. The van der Waals surface area contributed by atoms with Crippen LogP contribution < -0.4 is 5.32 Å². The van der Waals surface area contributed by atoms with Crippen molar-refractivity contribution in [2.75, 3.05) is 11.6 Å². The molecule has 2 heteroatoms. The minimum Gasteiger partial charge on any atom is -0.303 e. The van der Waals surface area contributed by atoms with Crippen LogP contribution in [0.2, 0.25) is 0 Å². The average molecular weight is 420 g/mol. The minimum absolute atomic E-state index is 0.459. The molecule has 1 atom stereocenters. The topological polar surface area (TPSA) is 12.0 Å². The van der Waals surface area contributed by atoms with E-state index >= 15 is 0 Å². The fraction of sp³-hybridized carbons (Fsp3) is 0.571. The summed E-state index contributed by atoms with van der Waals surface area (Å²) in [6.07, 6.45) is 14.0. The Morgan fingerprint density at radius 3 is 1.50 bits per heavy atom. The SMILES string of the molecule is c1cc(C(c2ccc(C3CCCCC3)cc2)C2CSCN2)ccc1C1CCCCC1. The van der Waals surface area contributed by atoms with Crippen LogP contribution in [0.3, 0.4) is 0 Å². The molecular formula is C28H37NS. The van der Waals surface area contributed by atoms with E-state index in [-0.39, 0.29) is 0 Å². The fourth-order valence-corrected chi connectivity index (χ4v) is 7.12. The Morgan fingerprint density at radius 1 is 0.633 bits per heavy atom. The van der Waals surface area contributed by atoms with Crippen molar-refractivity contribution in [3.8, 4) is 0 Å². The van der Waals surface area contributed by atoms with Gasteiger partial charge in [0.25, 0.3) is 0 Å². The molecule has 1 nitrogen and oxygen atoms in total. The molecule has 1 aliphatic heterocycles. The van der Waals surface area contributed by atoms with Crippen molar-refractivity contribution in [1.29, 1.82) is 0 Å². The van der Waals surface area contributed by atoms with Gasteiger partial charge in [-0.2, -0.15) is 0 Å². The molecule has 1 N–H and O–H groups in total. The van der Waals surface area contributed by atoms with Crippen LogP contribution in [0.4, 0.5) is 0 Å². The summed E-state index contributed by atoms with van der Waals surface area (Å²) in [7, 11) is 0. The maximum atomic E-state index is 3.77. The Labute approximate surface area is 187 Å². The number of benzene rings is 2. The van der Waals surface area contributed by atoms with Gasteiger partial charge in [-0.15, -0.1) is 11.8 Å². The van der Waals surface area contributed by atoms with Crippen LogP contribution >= 0.6 is 11.8 Å². The van der Waals surface area contributed by atoms with Gasteiger partial charge in [-0.05, 0) is 59.8 Å². The molecule has 160 valence electrons. The van der Waals surface area contributed by atoms with Crippen LogP contribution in [-0.2, 0) is 0 Å². The third-order valence-electron chi connectivity index (χ3n) is 7.89. The molecule has 3 aliphatic rings. The highest BCUT2D eigenvalue weighted by molar-refractivity contribution is 7.99. The first-order chi connectivity index (χ1) is 14.9. The summed E-state index contributed by atoms with van der Waals surface area (Å²) in [5.74, 6) is 4.34. The molecule has 0 amide bonds. The zero-order chi connectivity index (χ0) is 20.2. The molecule has 0 radical (unpaired) electrons. The Balaban J connectivity index is 1.38. The van der Waals surface area contributed by atoms with Gasteiger partial charge in [0.05, 0.1) is 0 Å². The monoisotopic (exact) mass is 419 g/mol. The second kappa shape index (κ2) is 9.92. The summed E-state index contributed by atoms with van der Waals surface area (Å²) >= 11 is 2.04. The molecule has 0 aromatic heterocycles. The molecular weight excluding hydrogens is 382 g/mol. The van der Waals surface area contributed by atoms with Gasteiger partial charge in [0.1, 0.15) is 0 Å². The normalized spacial score (nSPS) is 23.8. The third-order valence-corrected chi connectivity index (χ3v) is 8.86. The first kappa shape index (κ1) is 20.6. The van der Waals surface area contributed by atoms with E-state index in [0.29, 0.717) is 12.0 Å². The van der Waals surface area contributed by atoms with Gasteiger partial charge in [-0.3, -0.25) is 0 Å². The highest BCUT2D eigenvalue weighted by Gasteiger charge is 2.28. The summed E-state index contributed by atoms with van der Waals surface area (Å²) in [6, 6.07) is 20.1. The van der Waals surface area contributed by atoms with Gasteiger partial charge in [-0.1, -0.05) is 87.1 Å². The lowest BCUT2D eigenvalue weighted by molar-refractivity contribution is 0.443. The molecule has 1 heterocycles. The van der Waals surface area contributed by atoms with Gasteiger partial charge in [0, 0.05) is 23.6 Å².